The second kappa shape index (κ2) is 5.31. The van der Waals surface area contributed by atoms with Crippen molar-refractivity contribution in [3.05, 3.63) is 29.0 Å². The van der Waals surface area contributed by atoms with Gasteiger partial charge in [-0.05, 0) is 12.1 Å². The number of Topliss-reactive ketones (excluding diaryl/α,β-unsaturated/α-hetero) is 1. The summed E-state index contributed by atoms with van der Waals surface area (Å²) in [7, 11) is 0. The molecule has 0 aliphatic heterocycles. The molecule has 0 radical (unpaired) electrons. The number of ketones is 1. The zero-order valence-electron chi connectivity index (χ0n) is 7.74. The number of nitrogens with zero attached hydrogens (tertiary/aromatic N) is 1. The molecule has 0 atom stereocenters. The van der Waals surface area contributed by atoms with Crippen LogP contribution in [-0.4, -0.2) is 28.5 Å². The number of carboxylic acid groups (broad SMARTS) is 1. The van der Waals surface area contributed by atoms with E-state index >= 15 is 0 Å². The van der Waals surface area contributed by atoms with Crippen LogP contribution in [0, 0.1) is 0 Å². The van der Waals surface area contributed by atoms with E-state index in [-0.39, 0.29) is 24.4 Å². The molecule has 1 aromatic heterocycles. The van der Waals surface area contributed by atoms with Crippen molar-refractivity contribution >= 4 is 23.5 Å². The van der Waals surface area contributed by atoms with E-state index in [1.807, 2.05) is 0 Å². The van der Waals surface area contributed by atoms with Gasteiger partial charge in [-0.1, -0.05) is 11.6 Å². The predicted molar refractivity (Wildman–Crippen MR) is 54.2 cm³/mol. The average molecular weight is 229 g/mol. The molecule has 0 bridgehead atoms. The SMILES string of the molecule is O=C(O)NCCC(=O)c1cc(Cl)ccn1. The monoisotopic (exact) mass is 228 g/mol. The van der Waals surface area contributed by atoms with Crippen molar-refractivity contribution in [3.8, 4) is 0 Å². The Kier molecular flexibility index (Phi) is 4.05. The lowest BCUT2D eigenvalue weighted by Gasteiger charge is -2.00. The first-order valence-electron chi connectivity index (χ1n) is 4.21. The number of nitrogens with one attached hydrogen (secondary N) is 1. The van der Waals surface area contributed by atoms with E-state index in [9.17, 15) is 9.59 Å². The van der Waals surface area contributed by atoms with Gasteiger partial charge in [0, 0.05) is 24.2 Å². The quantitative estimate of drug-likeness (QED) is 0.767. The number of rotatable bonds is 4. The number of aromatic nitrogens is 1. The molecule has 1 rings (SSSR count). The maximum absolute atomic E-state index is 11.4. The predicted octanol–water partition coefficient (Wildman–Crippen LogP) is 1.58. The van der Waals surface area contributed by atoms with Gasteiger partial charge < -0.3 is 10.4 Å². The maximum Gasteiger partial charge on any atom is 0.404 e. The van der Waals surface area contributed by atoms with Gasteiger partial charge in [-0.2, -0.15) is 0 Å². The summed E-state index contributed by atoms with van der Waals surface area (Å²) in [6.45, 7) is 0.0718. The zero-order valence-corrected chi connectivity index (χ0v) is 8.49. The number of pyridine rings is 1. The largest absolute Gasteiger partial charge is 0.465 e. The minimum absolute atomic E-state index is 0.0691. The first kappa shape index (κ1) is 11.5. The third-order valence-corrected chi connectivity index (χ3v) is 1.87. The van der Waals surface area contributed by atoms with Crippen molar-refractivity contribution in [2.24, 2.45) is 0 Å². The zero-order chi connectivity index (χ0) is 11.3. The van der Waals surface area contributed by atoms with E-state index in [4.69, 9.17) is 16.7 Å². The molecule has 5 nitrogen and oxygen atoms in total. The lowest BCUT2D eigenvalue weighted by Crippen LogP contribution is -2.24. The van der Waals surface area contributed by atoms with Crippen molar-refractivity contribution in [1.29, 1.82) is 0 Å². The highest BCUT2D eigenvalue weighted by Gasteiger charge is 2.07. The van der Waals surface area contributed by atoms with E-state index in [2.05, 4.69) is 10.3 Å². The Morgan fingerprint density at radius 3 is 2.87 bits per heavy atom. The van der Waals surface area contributed by atoms with Crippen LogP contribution < -0.4 is 5.32 Å². The molecule has 80 valence electrons. The smallest absolute Gasteiger partial charge is 0.404 e. The number of carbonyl (C=O) groups is 2. The fourth-order valence-electron chi connectivity index (χ4n) is 0.968. The second-order valence-corrected chi connectivity index (χ2v) is 3.20. The van der Waals surface area contributed by atoms with Crippen LogP contribution in [0.15, 0.2) is 18.3 Å². The van der Waals surface area contributed by atoms with Gasteiger partial charge in [0.25, 0.3) is 0 Å². The molecule has 0 fully saturated rings. The summed E-state index contributed by atoms with van der Waals surface area (Å²) < 4.78 is 0. The number of carbonyl (C=O) groups excluding carboxylic acids is 1. The van der Waals surface area contributed by atoms with Gasteiger partial charge in [0.2, 0.25) is 0 Å². The van der Waals surface area contributed by atoms with Gasteiger partial charge in [0.15, 0.2) is 5.78 Å². The lowest BCUT2D eigenvalue weighted by molar-refractivity contribution is 0.0978. The minimum atomic E-state index is -1.15. The van der Waals surface area contributed by atoms with Crippen molar-refractivity contribution < 1.29 is 14.7 Å². The molecule has 0 saturated carbocycles. The Bertz CT molecular complexity index is 381. The van der Waals surface area contributed by atoms with Gasteiger partial charge >= 0.3 is 6.09 Å². The fraction of sp³-hybridized carbons (Fsp3) is 0.222. The Balaban J connectivity index is 2.50. The van der Waals surface area contributed by atoms with E-state index < -0.39 is 6.09 Å². The van der Waals surface area contributed by atoms with Crippen molar-refractivity contribution in [3.63, 3.8) is 0 Å². The molecule has 15 heavy (non-hydrogen) atoms. The molecule has 6 heteroatoms. The number of hydrogen-bond donors (Lipinski definition) is 2. The molecule has 1 amide bonds. The molecule has 2 N–H and O–H groups in total. The summed E-state index contributed by atoms with van der Waals surface area (Å²) in [6, 6.07) is 3.01. The highest BCUT2D eigenvalue weighted by atomic mass is 35.5. The molecule has 0 unspecified atom stereocenters. The number of halogens is 1. The topological polar surface area (TPSA) is 79.3 Å². The Hall–Kier alpha value is -1.62. The van der Waals surface area contributed by atoms with Gasteiger partial charge in [-0.3, -0.25) is 9.78 Å². The number of hydrogen-bond acceptors (Lipinski definition) is 3. The number of amides is 1. The minimum Gasteiger partial charge on any atom is -0.465 e. The summed E-state index contributed by atoms with van der Waals surface area (Å²) in [5, 5.41) is 10.8. The van der Waals surface area contributed by atoms with Crippen LogP contribution in [0.5, 0.6) is 0 Å². The third kappa shape index (κ3) is 3.95. The highest BCUT2D eigenvalue weighted by Crippen LogP contribution is 2.09. The summed E-state index contributed by atoms with van der Waals surface area (Å²) in [4.78, 5) is 25.4. The van der Waals surface area contributed by atoms with Crippen LogP contribution in [0.25, 0.3) is 0 Å². The average Bonchev–Trinajstić information content (AvgIpc) is 2.17. The van der Waals surface area contributed by atoms with Crippen LogP contribution in [-0.2, 0) is 0 Å². The molecular formula is C9H9ClN2O3. The molecule has 0 aromatic carbocycles. The maximum atomic E-state index is 11.4. The fourth-order valence-corrected chi connectivity index (χ4v) is 1.13. The Morgan fingerprint density at radius 1 is 1.53 bits per heavy atom. The van der Waals surface area contributed by atoms with Crippen molar-refractivity contribution in [2.45, 2.75) is 6.42 Å². The first-order valence-corrected chi connectivity index (χ1v) is 4.59. The van der Waals surface area contributed by atoms with E-state index in [0.717, 1.165) is 0 Å². The van der Waals surface area contributed by atoms with Crippen LogP contribution in [0.4, 0.5) is 4.79 Å². The standard InChI is InChI=1S/C9H9ClN2O3/c10-6-1-3-11-7(5-6)8(13)2-4-12-9(14)15/h1,3,5,12H,2,4H2,(H,14,15). The van der Waals surface area contributed by atoms with E-state index in [0.29, 0.717) is 5.02 Å². The van der Waals surface area contributed by atoms with Crippen LogP contribution in [0.1, 0.15) is 16.9 Å². The summed E-state index contributed by atoms with van der Waals surface area (Å²) in [6.07, 6.45) is 0.349. The lowest BCUT2D eigenvalue weighted by atomic mass is 10.2. The second-order valence-electron chi connectivity index (χ2n) is 2.76. The van der Waals surface area contributed by atoms with Gasteiger partial charge in [-0.25, -0.2) is 4.79 Å². The van der Waals surface area contributed by atoms with Crippen LogP contribution in [0.3, 0.4) is 0 Å². The van der Waals surface area contributed by atoms with Gasteiger partial charge in [0.05, 0.1) is 0 Å². The third-order valence-electron chi connectivity index (χ3n) is 1.64. The van der Waals surface area contributed by atoms with Gasteiger partial charge in [-0.15, -0.1) is 0 Å². The van der Waals surface area contributed by atoms with Crippen molar-refractivity contribution in [2.75, 3.05) is 6.54 Å². The van der Waals surface area contributed by atoms with Gasteiger partial charge in [0.1, 0.15) is 5.69 Å². The summed E-state index contributed by atoms with van der Waals surface area (Å²) in [5.41, 5.74) is 0.245. The Labute approximate surface area is 91.1 Å². The molecule has 0 spiro atoms. The molecule has 0 aliphatic carbocycles. The van der Waals surface area contributed by atoms with Crippen molar-refractivity contribution in [1.82, 2.24) is 10.3 Å². The first-order chi connectivity index (χ1) is 7.09. The van der Waals surface area contributed by atoms with Crippen LogP contribution >= 0.6 is 11.6 Å². The molecule has 0 saturated heterocycles. The highest BCUT2D eigenvalue weighted by molar-refractivity contribution is 6.30. The molecule has 0 aliphatic rings. The van der Waals surface area contributed by atoms with E-state index in [1.54, 1.807) is 6.07 Å². The van der Waals surface area contributed by atoms with E-state index in [1.165, 1.54) is 12.3 Å². The summed E-state index contributed by atoms with van der Waals surface area (Å²) >= 11 is 5.67. The normalized spacial score (nSPS) is 9.67. The molecule has 1 heterocycles. The Morgan fingerprint density at radius 2 is 2.27 bits per heavy atom. The molecular weight excluding hydrogens is 220 g/mol. The molecule has 1 aromatic rings. The van der Waals surface area contributed by atoms with Crippen LogP contribution in [0.2, 0.25) is 5.02 Å². The summed E-state index contributed by atoms with van der Waals surface area (Å²) in [5.74, 6) is -0.244.